The minimum absolute atomic E-state index is 0.0268. The Morgan fingerprint density at radius 3 is 2.73 bits per heavy atom. The largest absolute Gasteiger partial charge is 0.507 e. The second-order valence-electron chi connectivity index (χ2n) is 3.07. The smallest absolute Gasteiger partial charge is 0.341 e. The highest BCUT2D eigenvalue weighted by atomic mass is 16.5. The molecule has 1 aromatic carbocycles. The molecule has 15 heavy (non-hydrogen) atoms. The van der Waals surface area contributed by atoms with Gasteiger partial charge < -0.3 is 9.84 Å². The van der Waals surface area contributed by atoms with Crippen LogP contribution in [0.2, 0.25) is 0 Å². The molecule has 0 fully saturated rings. The zero-order valence-corrected chi connectivity index (χ0v) is 8.61. The van der Waals surface area contributed by atoms with Gasteiger partial charge in [0.15, 0.2) is 0 Å². The van der Waals surface area contributed by atoms with E-state index >= 15 is 0 Å². The molecule has 0 bridgehead atoms. The lowest BCUT2D eigenvalue weighted by molar-refractivity contribution is 0.0523. The van der Waals surface area contributed by atoms with Crippen molar-refractivity contribution in [2.45, 2.75) is 13.8 Å². The van der Waals surface area contributed by atoms with E-state index < -0.39 is 5.97 Å². The lowest BCUT2D eigenvalue weighted by atomic mass is 10.1. The number of phenols is 1. The molecule has 1 rings (SSSR count). The SMILES string of the molecule is CCOC(=O)c1cc(C=O)cc(C)c1O. The summed E-state index contributed by atoms with van der Waals surface area (Å²) in [5.41, 5.74) is 0.843. The van der Waals surface area contributed by atoms with Gasteiger partial charge in [0.2, 0.25) is 0 Å². The molecule has 0 radical (unpaired) electrons. The predicted molar refractivity (Wildman–Crippen MR) is 54.2 cm³/mol. The van der Waals surface area contributed by atoms with Crippen LogP contribution in [0.15, 0.2) is 12.1 Å². The topological polar surface area (TPSA) is 63.6 Å². The molecule has 0 amide bonds. The summed E-state index contributed by atoms with van der Waals surface area (Å²) in [5.74, 6) is -0.763. The first kappa shape index (κ1) is 11.2. The van der Waals surface area contributed by atoms with Crippen LogP contribution < -0.4 is 0 Å². The second-order valence-corrected chi connectivity index (χ2v) is 3.07. The van der Waals surface area contributed by atoms with Crippen molar-refractivity contribution >= 4 is 12.3 Å². The Labute approximate surface area is 87.5 Å². The number of rotatable bonds is 3. The van der Waals surface area contributed by atoms with Crippen LogP contribution in [0.1, 0.15) is 33.2 Å². The molecule has 80 valence electrons. The number of aryl methyl sites for hydroxylation is 1. The van der Waals surface area contributed by atoms with Gasteiger partial charge >= 0.3 is 5.97 Å². The highest BCUT2D eigenvalue weighted by Crippen LogP contribution is 2.24. The van der Waals surface area contributed by atoms with E-state index in [-0.39, 0.29) is 17.9 Å². The fraction of sp³-hybridized carbons (Fsp3) is 0.273. The molecule has 1 aromatic rings. The van der Waals surface area contributed by atoms with Crippen LogP contribution in [0, 0.1) is 6.92 Å². The standard InChI is InChI=1S/C11H12O4/c1-3-15-11(14)9-5-8(6-12)4-7(2)10(9)13/h4-6,13H,3H2,1-2H3. The summed E-state index contributed by atoms with van der Waals surface area (Å²) in [6, 6.07) is 2.82. The van der Waals surface area contributed by atoms with E-state index in [0.717, 1.165) is 0 Å². The lowest BCUT2D eigenvalue weighted by Crippen LogP contribution is -2.06. The summed E-state index contributed by atoms with van der Waals surface area (Å²) < 4.78 is 4.75. The number of esters is 1. The van der Waals surface area contributed by atoms with Gasteiger partial charge in [-0.2, -0.15) is 0 Å². The molecule has 4 nitrogen and oxygen atoms in total. The minimum atomic E-state index is -0.623. The van der Waals surface area contributed by atoms with Crippen LogP contribution in [-0.4, -0.2) is 24.0 Å². The Balaban J connectivity index is 3.21. The van der Waals surface area contributed by atoms with E-state index in [2.05, 4.69) is 0 Å². The van der Waals surface area contributed by atoms with Gasteiger partial charge in [-0.25, -0.2) is 4.79 Å². The summed E-state index contributed by atoms with van der Waals surface area (Å²) in [6.45, 7) is 3.51. The third-order valence-corrected chi connectivity index (χ3v) is 1.95. The molecule has 0 aliphatic rings. The first-order valence-corrected chi connectivity index (χ1v) is 4.56. The molecule has 0 aliphatic heterocycles. The average molecular weight is 208 g/mol. The normalized spacial score (nSPS) is 9.73. The molecule has 0 aliphatic carbocycles. The number of carbonyl (C=O) groups excluding carboxylic acids is 2. The second kappa shape index (κ2) is 4.59. The first-order chi connectivity index (χ1) is 7.10. The molecule has 0 saturated heterocycles. The van der Waals surface area contributed by atoms with Gasteiger partial charge in [0.1, 0.15) is 17.6 Å². The van der Waals surface area contributed by atoms with E-state index in [9.17, 15) is 14.7 Å². The molecule has 0 atom stereocenters. The fourth-order valence-electron chi connectivity index (χ4n) is 1.24. The van der Waals surface area contributed by atoms with Crippen molar-refractivity contribution in [3.8, 4) is 5.75 Å². The van der Waals surface area contributed by atoms with Gasteiger partial charge in [-0.3, -0.25) is 4.79 Å². The molecule has 0 heterocycles. The number of hydrogen-bond acceptors (Lipinski definition) is 4. The van der Waals surface area contributed by atoms with Crippen molar-refractivity contribution in [3.63, 3.8) is 0 Å². The van der Waals surface area contributed by atoms with Crippen LogP contribution in [0.5, 0.6) is 5.75 Å². The van der Waals surface area contributed by atoms with Gasteiger partial charge in [0.25, 0.3) is 0 Å². The Bertz CT molecular complexity index is 396. The number of carbonyl (C=O) groups is 2. The third-order valence-electron chi connectivity index (χ3n) is 1.95. The van der Waals surface area contributed by atoms with Gasteiger partial charge in [0.05, 0.1) is 6.61 Å². The maximum Gasteiger partial charge on any atom is 0.341 e. The molecular weight excluding hydrogens is 196 g/mol. The average Bonchev–Trinajstić information content (AvgIpc) is 2.22. The lowest BCUT2D eigenvalue weighted by Gasteiger charge is -2.07. The minimum Gasteiger partial charge on any atom is -0.507 e. The quantitative estimate of drug-likeness (QED) is 0.606. The number of hydrogen-bond donors (Lipinski definition) is 1. The van der Waals surface area contributed by atoms with Crippen molar-refractivity contribution in [2.24, 2.45) is 0 Å². The Hall–Kier alpha value is -1.84. The summed E-state index contributed by atoms with van der Waals surface area (Å²) in [4.78, 5) is 22.0. The van der Waals surface area contributed by atoms with Crippen molar-refractivity contribution in [3.05, 3.63) is 28.8 Å². The van der Waals surface area contributed by atoms with Crippen LogP contribution in [0.3, 0.4) is 0 Å². The van der Waals surface area contributed by atoms with Crippen LogP contribution in [-0.2, 0) is 4.74 Å². The molecular formula is C11H12O4. The molecule has 0 saturated carbocycles. The molecule has 1 N–H and O–H groups in total. The Kier molecular flexibility index (Phi) is 3.44. The number of phenolic OH excluding ortho intramolecular Hbond substituents is 1. The summed E-state index contributed by atoms with van der Waals surface area (Å²) >= 11 is 0. The Morgan fingerprint density at radius 2 is 2.20 bits per heavy atom. The van der Waals surface area contributed by atoms with Gasteiger partial charge in [-0.1, -0.05) is 0 Å². The molecule has 0 unspecified atom stereocenters. The summed E-state index contributed by atoms with van der Waals surface area (Å²) in [7, 11) is 0. The molecule has 0 spiro atoms. The molecule has 4 heteroatoms. The fourth-order valence-corrected chi connectivity index (χ4v) is 1.24. The zero-order valence-electron chi connectivity index (χ0n) is 8.61. The monoisotopic (exact) mass is 208 g/mol. The van der Waals surface area contributed by atoms with Crippen molar-refractivity contribution < 1.29 is 19.4 Å². The highest BCUT2D eigenvalue weighted by Gasteiger charge is 2.15. The molecule has 0 aromatic heterocycles. The maximum atomic E-state index is 11.4. The van der Waals surface area contributed by atoms with Gasteiger partial charge in [-0.05, 0) is 31.5 Å². The van der Waals surface area contributed by atoms with E-state index in [1.165, 1.54) is 12.1 Å². The van der Waals surface area contributed by atoms with E-state index in [4.69, 9.17) is 4.74 Å². The van der Waals surface area contributed by atoms with E-state index in [0.29, 0.717) is 17.4 Å². The zero-order chi connectivity index (χ0) is 11.4. The number of benzene rings is 1. The number of aromatic hydroxyl groups is 1. The van der Waals surface area contributed by atoms with Gasteiger partial charge in [0, 0.05) is 5.56 Å². The maximum absolute atomic E-state index is 11.4. The van der Waals surface area contributed by atoms with Crippen molar-refractivity contribution in [1.29, 1.82) is 0 Å². The van der Waals surface area contributed by atoms with Crippen LogP contribution >= 0.6 is 0 Å². The number of ether oxygens (including phenoxy) is 1. The summed E-state index contributed by atoms with van der Waals surface area (Å²) in [6.07, 6.45) is 0.620. The van der Waals surface area contributed by atoms with E-state index in [1.54, 1.807) is 13.8 Å². The van der Waals surface area contributed by atoms with E-state index in [1.807, 2.05) is 0 Å². The Morgan fingerprint density at radius 1 is 1.53 bits per heavy atom. The van der Waals surface area contributed by atoms with Crippen LogP contribution in [0.25, 0.3) is 0 Å². The van der Waals surface area contributed by atoms with Crippen molar-refractivity contribution in [2.75, 3.05) is 6.61 Å². The first-order valence-electron chi connectivity index (χ1n) is 4.56. The number of aldehydes is 1. The van der Waals surface area contributed by atoms with Crippen LogP contribution in [0.4, 0.5) is 0 Å². The van der Waals surface area contributed by atoms with Crippen molar-refractivity contribution in [1.82, 2.24) is 0 Å². The summed E-state index contributed by atoms with van der Waals surface area (Å²) in [5, 5.41) is 9.60. The third kappa shape index (κ3) is 2.34. The highest BCUT2D eigenvalue weighted by molar-refractivity contribution is 5.95. The van der Waals surface area contributed by atoms with Gasteiger partial charge in [-0.15, -0.1) is 0 Å². The predicted octanol–water partition coefficient (Wildman–Crippen LogP) is 1.69.